The van der Waals surface area contributed by atoms with E-state index in [0.29, 0.717) is 0 Å². The number of rotatable bonds is 5. The summed E-state index contributed by atoms with van der Waals surface area (Å²) in [4.78, 5) is 12.9. The molecule has 0 atom stereocenters. The smallest absolute Gasteiger partial charge is 0.255 e. The second-order valence-corrected chi connectivity index (χ2v) is 4.69. The van der Waals surface area contributed by atoms with Crippen molar-refractivity contribution in [2.75, 3.05) is 19.0 Å². The third-order valence-corrected chi connectivity index (χ3v) is 2.99. The quantitative estimate of drug-likeness (QED) is 0.748. The Morgan fingerprint density at radius 3 is 2.61 bits per heavy atom. The van der Waals surface area contributed by atoms with Crippen LogP contribution >= 0.6 is 27.5 Å². The molecule has 0 aliphatic rings. The summed E-state index contributed by atoms with van der Waals surface area (Å²) in [5.41, 5.74) is 0.127. The Hall–Kier alpha value is -0.750. The maximum atomic E-state index is 12.9. The minimum absolute atomic E-state index is 0.00848. The van der Waals surface area contributed by atoms with Crippen molar-refractivity contribution in [1.82, 2.24) is 4.90 Å². The molecular formula is C11H10BrClF3NO. The lowest BCUT2D eigenvalue weighted by Crippen LogP contribution is -2.36. The van der Waals surface area contributed by atoms with Crippen molar-refractivity contribution >= 4 is 33.4 Å². The SMILES string of the molecule is O=C(c1ccc(F)cc1Br)N(CCCl)CC(F)F. The first-order chi connectivity index (χ1) is 8.45. The van der Waals surface area contributed by atoms with Gasteiger partial charge in [-0.25, -0.2) is 13.2 Å². The zero-order valence-corrected chi connectivity index (χ0v) is 11.5. The summed E-state index contributed by atoms with van der Waals surface area (Å²) in [5.74, 6) is -1.07. The minimum Gasteiger partial charge on any atom is -0.332 e. The number of hydrogen-bond donors (Lipinski definition) is 0. The highest BCUT2D eigenvalue weighted by atomic mass is 79.9. The monoisotopic (exact) mass is 343 g/mol. The fraction of sp³-hybridized carbons (Fsp3) is 0.364. The summed E-state index contributed by atoms with van der Waals surface area (Å²) < 4.78 is 37.8. The van der Waals surface area contributed by atoms with Gasteiger partial charge in [0.2, 0.25) is 0 Å². The summed E-state index contributed by atoms with van der Waals surface area (Å²) in [6.07, 6.45) is -2.64. The average Bonchev–Trinajstić information content (AvgIpc) is 2.27. The Kier molecular flexibility index (Phi) is 5.95. The Balaban J connectivity index is 2.94. The highest BCUT2D eigenvalue weighted by molar-refractivity contribution is 9.10. The molecule has 0 saturated heterocycles. The Morgan fingerprint density at radius 2 is 2.11 bits per heavy atom. The van der Waals surface area contributed by atoms with Crippen LogP contribution in [0.15, 0.2) is 22.7 Å². The van der Waals surface area contributed by atoms with Crippen molar-refractivity contribution in [2.45, 2.75) is 6.43 Å². The second-order valence-electron chi connectivity index (χ2n) is 3.46. The first-order valence-electron chi connectivity index (χ1n) is 5.04. The van der Waals surface area contributed by atoms with Crippen LogP contribution in [0.3, 0.4) is 0 Å². The number of benzene rings is 1. The Bertz CT molecular complexity index is 431. The highest BCUT2D eigenvalue weighted by Gasteiger charge is 2.21. The van der Waals surface area contributed by atoms with Crippen LogP contribution in [0.25, 0.3) is 0 Å². The van der Waals surface area contributed by atoms with Gasteiger partial charge in [-0.3, -0.25) is 4.79 Å². The van der Waals surface area contributed by atoms with E-state index >= 15 is 0 Å². The van der Waals surface area contributed by atoms with Gasteiger partial charge in [-0.15, -0.1) is 11.6 Å². The van der Waals surface area contributed by atoms with Crippen molar-refractivity contribution in [1.29, 1.82) is 0 Å². The summed E-state index contributed by atoms with van der Waals surface area (Å²) in [6, 6.07) is 3.45. The second kappa shape index (κ2) is 6.99. The van der Waals surface area contributed by atoms with E-state index in [0.717, 1.165) is 17.0 Å². The topological polar surface area (TPSA) is 20.3 Å². The molecule has 1 rings (SSSR count). The number of hydrogen-bond acceptors (Lipinski definition) is 1. The molecule has 100 valence electrons. The normalized spacial score (nSPS) is 10.8. The maximum absolute atomic E-state index is 12.9. The van der Waals surface area contributed by atoms with E-state index in [9.17, 15) is 18.0 Å². The predicted octanol–water partition coefficient (Wildman–Crippen LogP) is 3.53. The van der Waals surface area contributed by atoms with E-state index < -0.39 is 24.7 Å². The van der Waals surface area contributed by atoms with Crippen molar-refractivity contribution in [3.63, 3.8) is 0 Å². The average molecular weight is 345 g/mol. The fourth-order valence-corrected chi connectivity index (χ4v) is 2.10. The van der Waals surface area contributed by atoms with Gasteiger partial charge in [-0.05, 0) is 34.1 Å². The molecule has 2 nitrogen and oxygen atoms in total. The number of carbonyl (C=O) groups is 1. The van der Waals surface area contributed by atoms with Gasteiger partial charge in [0.25, 0.3) is 12.3 Å². The third kappa shape index (κ3) is 4.17. The molecule has 1 aromatic rings. The number of carbonyl (C=O) groups excluding carboxylic acids is 1. The van der Waals surface area contributed by atoms with Gasteiger partial charge in [0.05, 0.1) is 12.1 Å². The molecule has 0 radical (unpaired) electrons. The van der Waals surface area contributed by atoms with E-state index in [1.807, 2.05) is 0 Å². The lowest BCUT2D eigenvalue weighted by Gasteiger charge is -2.21. The third-order valence-electron chi connectivity index (χ3n) is 2.16. The van der Waals surface area contributed by atoms with E-state index in [1.165, 1.54) is 6.07 Å². The molecule has 1 amide bonds. The molecular weight excluding hydrogens is 334 g/mol. The van der Waals surface area contributed by atoms with Crippen LogP contribution in [0.1, 0.15) is 10.4 Å². The predicted molar refractivity (Wildman–Crippen MR) is 66.7 cm³/mol. The molecule has 0 aromatic heterocycles. The molecule has 0 aliphatic carbocycles. The van der Waals surface area contributed by atoms with Crippen molar-refractivity contribution < 1.29 is 18.0 Å². The van der Waals surface area contributed by atoms with Crippen LogP contribution in [0.2, 0.25) is 0 Å². The van der Waals surface area contributed by atoms with Crippen molar-refractivity contribution in [3.05, 3.63) is 34.1 Å². The zero-order chi connectivity index (χ0) is 13.7. The molecule has 0 aliphatic heterocycles. The van der Waals surface area contributed by atoms with Gasteiger partial charge in [0.15, 0.2) is 0 Å². The zero-order valence-electron chi connectivity index (χ0n) is 9.18. The largest absolute Gasteiger partial charge is 0.332 e. The van der Waals surface area contributed by atoms with Gasteiger partial charge in [0, 0.05) is 16.9 Å². The molecule has 0 saturated carbocycles. The Morgan fingerprint density at radius 1 is 1.44 bits per heavy atom. The summed E-state index contributed by atoms with van der Waals surface area (Å²) in [6.45, 7) is -0.691. The minimum atomic E-state index is -2.64. The van der Waals surface area contributed by atoms with Gasteiger partial charge < -0.3 is 4.90 Å². The van der Waals surface area contributed by atoms with E-state index in [1.54, 1.807) is 0 Å². The van der Waals surface area contributed by atoms with Crippen molar-refractivity contribution in [3.8, 4) is 0 Å². The number of halogens is 5. The van der Waals surface area contributed by atoms with E-state index in [2.05, 4.69) is 15.9 Å². The number of alkyl halides is 3. The van der Waals surface area contributed by atoms with Gasteiger partial charge >= 0.3 is 0 Å². The lowest BCUT2D eigenvalue weighted by atomic mass is 10.2. The van der Waals surface area contributed by atoms with Crippen LogP contribution in [0, 0.1) is 5.82 Å². The number of amides is 1. The molecule has 0 spiro atoms. The molecule has 0 N–H and O–H groups in total. The van der Waals surface area contributed by atoms with Crippen LogP contribution in [0.4, 0.5) is 13.2 Å². The molecule has 7 heteroatoms. The van der Waals surface area contributed by atoms with Crippen LogP contribution in [-0.2, 0) is 0 Å². The summed E-state index contributed by atoms with van der Waals surface area (Å²) >= 11 is 8.49. The fourth-order valence-electron chi connectivity index (χ4n) is 1.38. The molecule has 0 unspecified atom stereocenters. The molecule has 0 bridgehead atoms. The van der Waals surface area contributed by atoms with E-state index in [-0.39, 0.29) is 22.5 Å². The van der Waals surface area contributed by atoms with E-state index in [4.69, 9.17) is 11.6 Å². The standard InChI is InChI=1S/C11H10BrClF3NO/c12-9-5-7(14)1-2-8(9)11(18)17(4-3-13)6-10(15)16/h1-2,5,10H,3-4,6H2. The first-order valence-corrected chi connectivity index (χ1v) is 6.37. The van der Waals surface area contributed by atoms with Gasteiger partial charge in [-0.2, -0.15) is 0 Å². The van der Waals surface area contributed by atoms with Crippen LogP contribution in [0.5, 0.6) is 0 Å². The summed E-state index contributed by atoms with van der Waals surface area (Å²) in [7, 11) is 0. The van der Waals surface area contributed by atoms with Crippen LogP contribution in [-0.4, -0.2) is 36.2 Å². The van der Waals surface area contributed by atoms with Gasteiger partial charge in [-0.1, -0.05) is 0 Å². The molecule has 1 aromatic carbocycles. The van der Waals surface area contributed by atoms with Gasteiger partial charge in [0.1, 0.15) is 5.82 Å². The van der Waals surface area contributed by atoms with Crippen molar-refractivity contribution in [2.24, 2.45) is 0 Å². The number of nitrogens with zero attached hydrogens (tertiary/aromatic N) is 1. The highest BCUT2D eigenvalue weighted by Crippen LogP contribution is 2.20. The molecule has 18 heavy (non-hydrogen) atoms. The first kappa shape index (κ1) is 15.3. The summed E-state index contributed by atoms with van der Waals surface area (Å²) in [5, 5.41) is 0. The van der Waals surface area contributed by atoms with Crippen LogP contribution < -0.4 is 0 Å². The Labute approximate surface area is 116 Å². The maximum Gasteiger partial charge on any atom is 0.255 e. The molecule has 0 heterocycles. The molecule has 0 fully saturated rings. The lowest BCUT2D eigenvalue weighted by molar-refractivity contribution is 0.0570.